The minimum absolute atomic E-state index is 0.134. The quantitative estimate of drug-likeness (QED) is 0.00783. The molecule has 0 aliphatic carbocycles. The summed E-state index contributed by atoms with van der Waals surface area (Å²) >= 11 is 18.9. The molecule has 0 bridgehead atoms. The highest BCUT2D eigenvalue weighted by atomic mass is 35.5. The van der Waals surface area contributed by atoms with Crippen LogP contribution >= 0.6 is 34.8 Å². The van der Waals surface area contributed by atoms with Crippen molar-refractivity contribution in [2.45, 2.75) is 76.2 Å². The van der Waals surface area contributed by atoms with Crippen molar-refractivity contribution in [2.24, 2.45) is 0 Å². The third-order valence-corrected chi connectivity index (χ3v) is 26.1. The fourth-order valence-corrected chi connectivity index (χ4v) is 17.1. The van der Waals surface area contributed by atoms with Gasteiger partial charge in [-0.05, 0) is 161 Å². The predicted octanol–water partition coefficient (Wildman–Crippen LogP) is 15.7. The van der Waals surface area contributed by atoms with E-state index in [0.29, 0.717) is 120 Å². The number of aromatic nitrogens is 6. The first-order valence-electron chi connectivity index (χ1n) is 40.0. The van der Waals surface area contributed by atoms with Crippen molar-refractivity contribution in [1.82, 2.24) is 39.7 Å². The van der Waals surface area contributed by atoms with Gasteiger partial charge in [0.1, 0.15) is 49.6 Å². The lowest BCUT2D eigenvalue weighted by Crippen LogP contribution is -2.48. The van der Waals surface area contributed by atoms with Crippen LogP contribution in [-0.4, -0.2) is 209 Å². The maximum absolute atomic E-state index is 12.6. The molecule has 6 aromatic carbocycles. The van der Waals surface area contributed by atoms with Crippen molar-refractivity contribution in [3.8, 4) is 52.1 Å². The van der Waals surface area contributed by atoms with E-state index in [1.165, 1.54) is 36.8 Å². The summed E-state index contributed by atoms with van der Waals surface area (Å²) < 4.78 is 39.9. The number of methoxy groups -OCH3 is 3. The van der Waals surface area contributed by atoms with Crippen LogP contribution in [0, 0.1) is 0 Å². The number of ether oxygens (including phenoxy) is 7. The van der Waals surface area contributed by atoms with E-state index < -0.39 is 25.0 Å². The number of carbonyl (C=O) groups excluding carboxylic acids is 5. The molecular formula is C86H104Cl3N17O15Si3. The molecular weight excluding hydrogens is 1700 g/mol. The van der Waals surface area contributed by atoms with Crippen LogP contribution in [0.1, 0.15) is 19.3 Å². The number of anilines is 12. The van der Waals surface area contributed by atoms with Gasteiger partial charge < -0.3 is 99.0 Å². The average Bonchev–Trinajstić information content (AvgIpc) is 0.812. The van der Waals surface area contributed by atoms with E-state index >= 15 is 0 Å². The smallest absolute Gasteiger partial charge is 0.320 e. The average molecular weight is 1810 g/mol. The lowest BCUT2D eigenvalue weighted by atomic mass is 10.2. The summed E-state index contributed by atoms with van der Waals surface area (Å²) in [7, 11) is -1.50. The number of nitrogens with one attached hydrogen (secondary N) is 6. The molecule has 0 atom stereocenters. The van der Waals surface area contributed by atoms with Crippen LogP contribution in [0.3, 0.4) is 0 Å². The Labute approximate surface area is 739 Å². The number of hydrogen-bond donors (Lipinski definition) is 9. The Morgan fingerprint density at radius 1 is 0.484 bits per heavy atom. The molecule has 0 radical (unpaired) electrons. The fourth-order valence-electron chi connectivity index (χ4n) is 13.0. The van der Waals surface area contributed by atoms with Gasteiger partial charge in [0.05, 0.1) is 70.1 Å². The molecule has 32 nitrogen and oxygen atoms in total. The molecule has 6 heterocycles. The summed E-state index contributed by atoms with van der Waals surface area (Å²) in [6.45, 7) is 27.8. The van der Waals surface area contributed by atoms with Crippen molar-refractivity contribution in [3.05, 3.63) is 199 Å². The number of piperazine rings is 2. The number of nitrogens with zero attached hydrogens (tertiary/aromatic N) is 11. The van der Waals surface area contributed by atoms with E-state index in [9.17, 15) is 38.4 Å². The van der Waals surface area contributed by atoms with E-state index in [0.717, 1.165) is 80.9 Å². The number of amides is 4. The number of rotatable bonds is 34. The topological polar surface area (TPSA) is 376 Å². The first-order valence-corrected chi connectivity index (χ1v) is 50.3. The van der Waals surface area contributed by atoms with Gasteiger partial charge in [0.25, 0.3) is 0 Å². The molecule has 3 fully saturated rings. The van der Waals surface area contributed by atoms with Gasteiger partial charge >= 0.3 is 5.97 Å². The minimum atomic E-state index is -2.13. The van der Waals surface area contributed by atoms with Crippen molar-refractivity contribution in [2.75, 3.05) is 147 Å². The lowest BCUT2D eigenvalue weighted by molar-refractivity contribution is -0.145. The van der Waals surface area contributed by atoms with Gasteiger partial charge in [-0.3, -0.25) is 28.9 Å². The molecule has 9 N–H and O–H groups in total. The largest absolute Gasteiger partial charge is 0.494 e. The van der Waals surface area contributed by atoms with Crippen molar-refractivity contribution < 1.29 is 71.5 Å². The maximum Gasteiger partial charge on any atom is 0.320 e. The molecule has 656 valence electrons. The van der Waals surface area contributed by atoms with Crippen LogP contribution in [0.4, 0.5) is 69.0 Å². The van der Waals surface area contributed by atoms with Crippen LogP contribution in [-0.2, 0) is 28.7 Å². The van der Waals surface area contributed by atoms with Gasteiger partial charge in [-0.25, -0.2) is 15.0 Å². The molecule has 3 aliphatic rings. The van der Waals surface area contributed by atoms with E-state index in [1.54, 1.807) is 94.1 Å². The zero-order valence-electron chi connectivity index (χ0n) is 70.4. The highest BCUT2D eigenvalue weighted by molar-refractivity contribution is 6.71. The summed E-state index contributed by atoms with van der Waals surface area (Å²) in [6.07, 6.45) is 9.76. The van der Waals surface area contributed by atoms with Crippen LogP contribution in [0.15, 0.2) is 184 Å². The van der Waals surface area contributed by atoms with E-state index in [1.807, 2.05) is 92.2 Å². The van der Waals surface area contributed by atoms with E-state index in [-0.39, 0.29) is 86.7 Å². The van der Waals surface area contributed by atoms with Gasteiger partial charge in [-0.15, -0.1) is 0 Å². The summed E-state index contributed by atoms with van der Waals surface area (Å²) in [5, 5.41) is 18.2. The monoisotopic (exact) mass is 1800 g/mol. The Bertz CT molecular complexity index is 5220. The number of hydrogen-bond acceptors (Lipinski definition) is 28. The second-order valence-electron chi connectivity index (χ2n) is 30.5. The summed E-state index contributed by atoms with van der Waals surface area (Å²) in [5.41, 5.74) is 6.60. The number of halogens is 3. The Balaban J connectivity index is 0.000000196. The molecule has 9 aromatic rings. The SMILES string of the molecule is C=CC(=O)Nc1cccc(Oc2nc(Nc3ccc(N4CCN(C(=O)CCC[Si](C)(C)O)CC4)cc3OC)ncc2Cl)c1.C=CC(=O)Nc1cccc(Oc2nc(Nc3ccc(N4CCN(CC(=O)OCCC[Si](C)(C)O)CC4)cc3OC)ncc2Cl)c1.C=CC(=O)Nc1cccc(Oc2nc(Nc3ccc(N4CC[Si](C)(O)CC4)cc3OC)ncc2Cl)c1. The predicted molar refractivity (Wildman–Crippen MR) is 493 cm³/mol. The molecule has 124 heavy (non-hydrogen) atoms. The van der Waals surface area contributed by atoms with Crippen LogP contribution in [0.2, 0.25) is 72.0 Å². The Hall–Kier alpha value is -11.9. The highest BCUT2D eigenvalue weighted by Crippen LogP contribution is 2.40. The zero-order chi connectivity index (χ0) is 89.1. The van der Waals surface area contributed by atoms with Crippen molar-refractivity contribution >= 4 is 158 Å². The first kappa shape index (κ1) is 94.3. The van der Waals surface area contributed by atoms with Crippen LogP contribution in [0.5, 0.6) is 52.1 Å². The number of carbonyl (C=O) groups is 5. The third kappa shape index (κ3) is 29.4. The van der Waals surface area contributed by atoms with Gasteiger partial charge in [0, 0.05) is 142 Å². The fraction of sp³-hybridized carbons (Fsp3) is 0.314. The second kappa shape index (κ2) is 44.9. The van der Waals surface area contributed by atoms with Gasteiger partial charge in [0.2, 0.25) is 59.1 Å². The highest BCUT2D eigenvalue weighted by Gasteiger charge is 2.32. The standard InChI is InChI=1S/C31H39ClN6O6Si.C30H37ClN6O5Si.C25H28ClN5O4Si/c1-5-28(39)34-22-8-6-9-24(18-22)44-30-25(32)20-33-31(36-30)35-26-11-10-23(19-27(26)42-2)38-14-12-37(13-15-38)21-29(40)43-16-7-17-45(3,4)41;1-5-27(38)33-21-8-6-9-23(18-21)42-29-24(31)20-32-30(35-29)34-25-12-11-22(19-26(25)41-2)36-13-15-37(16-14-36)28(39)10-7-17-43(3,4)40;1-4-23(32)28-17-6-5-7-19(14-17)35-24-20(26)16-27-25(30-24)29-21-9-8-18(15-22(21)34-2)31-10-12-36(3,33)13-11-31/h5-6,8-11,18-20,41H,1,7,12-17,21H2,2-4H3,(H,34,39)(H,33,35,36);5-6,8-9,11-12,18-20,40H,1,7,10,13-17H2,2-4H3,(H,33,38)(H,32,34,35);4-9,14-16,33H,1,10-13H2,2-3H3,(H,28,32)(H,27,29,30). The second-order valence-corrected chi connectivity index (χ2v) is 43.9. The lowest BCUT2D eigenvalue weighted by Gasteiger charge is -2.36. The Kier molecular flexibility index (Phi) is 34.2. The molecule has 12 rings (SSSR count). The molecule has 4 amide bonds. The number of benzene rings is 6. The Morgan fingerprint density at radius 3 is 1.18 bits per heavy atom. The zero-order valence-corrected chi connectivity index (χ0v) is 75.7. The van der Waals surface area contributed by atoms with Crippen LogP contribution in [0.25, 0.3) is 0 Å². The van der Waals surface area contributed by atoms with Gasteiger partial charge in [-0.1, -0.05) is 72.7 Å². The molecule has 3 saturated heterocycles. The third-order valence-electron chi connectivity index (χ3n) is 19.6. The number of esters is 1. The summed E-state index contributed by atoms with van der Waals surface area (Å²) in [6, 6.07) is 41.1. The summed E-state index contributed by atoms with van der Waals surface area (Å²) in [5.74, 6) is 3.22. The normalized spacial score (nSPS) is 13.8. The molecule has 0 spiro atoms. The van der Waals surface area contributed by atoms with Gasteiger partial charge in [0.15, 0.2) is 25.0 Å². The molecule has 38 heteroatoms. The molecule has 0 saturated carbocycles. The van der Waals surface area contributed by atoms with Crippen LogP contribution < -0.4 is 75.0 Å². The van der Waals surface area contributed by atoms with Crippen molar-refractivity contribution in [1.29, 1.82) is 0 Å². The summed E-state index contributed by atoms with van der Waals surface area (Å²) in [4.78, 5) is 127. The molecule has 3 aromatic heterocycles. The van der Waals surface area contributed by atoms with E-state index in [2.05, 4.69) is 101 Å². The van der Waals surface area contributed by atoms with Gasteiger partial charge in [-0.2, -0.15) is 15.0 Å². The first-order chi connectivity index (χ1) is 59.3. The maximum atomic E-state index is 12.6. The Morgan fingerprint density at radius 2 is 0.831 bits per heavy atom. The molecule has 3 aliphatic heterocycles. The van der Waals surface area contributed by atoms with E-state index in [4.69, 9.17) is 68.0 Å². The molecule has 0 unspecified atom stereocenters. The minimum Gasteiger partial charge on any atom is -0.494 e. The van der Waals surface area contributed by atoms with Crippen molar-refractivity contribution in [3.63, 3.8) is 0 Å².